The van der Waals surface area contributed by atoms with Crippen LogP contribution in [0, 0.1) is 0 Å². The lowest BCUT2D eigenvalue weighted by molar-refractivity contribution is 0.0746. The van der Waals surface area contributed by atoms with Crippen molar-refractivity contribution in [1.82, 2.24) is 14.9 Å². The molecule has 2 aliphatic rings. The molecule has 2 fully saturated rings. The number of aromatic nitrogens is 2. The fourth-order valence-corrected chi connectivity index (χ4v) is 4.39. The van der Waals surface area contributed by atoms with Gasteiger partial charge in [0.15, 0.2) is 0 Å². The summed E-state index contributed by atoms with van der Waals surface area (Å²) in [7, 11) is 0. The van der Waals surface area contributed by atoms with Gasteiger partial charge < -0.3 is 14.7 Å². The summed E-state index contributed by atoms with van der Waals surface area (Å²) in [5, 5.41) is 0. The summed E-state index contributed by atoms with van der Waals surface area (Å²) in [6.07, 6.45) is 4.12. The van der Waals surface area contributed by atoms with Gasteiger partial charge in [-0.2, -0.15) is 0 Å². The van der Waals surface area contributed by atoms with Crippen molar-refractivity contribution in [3.63, 3.8) is 0 Å². The Labute approximate surface area is 183 Å². The average Bonchev–Trinajstić information content (AvgIpc) is 3.40. The van der Waals surface area contributed by atoms with Crippen molar-refractivity contribution in [3.05, 3.63) is 72.6 Å². The van der Waals surface area contributed by atoms with Crippen LogP contribution in [0.3, 0.4) is 0 Å². The SMILES string of the molecule is O=C(c1ccc(-c2ccccc2)cc1)N1CCN(c2cc(N3CCCC3)ncn2)CC1. The first kappa shape index (κ1) is 19.5. The van der Waals surface area contributed by atoms with Gasteiger partial charge in [-0.25, -0.2) is 9.97 Å². The molecule has 0 unspecified atom stereocenters. The van der Waals surface area contributed by atoms with Crippen LogP contribution < -0.4 is 9.80 Å². The molecule has 158 valence electrons. The molecule has 0 bridgehead atoms. The number of nitrogens with zero attached hydrogens (tertiary/aromatic N) is 5. The van der Waals surface area contributed by atoms with Gasteiger partial charge in [0.05, 0.1) is 0 Å². The second-order valence-electron chi connectivity index (χ2n) is 8.15. The van der Waals surface area contributed by atoms with Crippen LogP contribution in [0.15, 0.2) is 67.0 Å². The van der Waals surface area contributed by atoms with Gasteiger partial charge in [-0.15, -0.1) is 0 Å². The third-order valence-electron chi connectivity index (χ3n) is 6.20. The minimum atomic E-state index is 0.0969. The Morgan fingerprint density at radius 1 is 0.677 bits per heavy atom. The van der Waals surface area contributed by atoms with Gasteiger partial charge in [-0.3, -0.25) is 4.79 Å². The summed E-state index contributed by atoms with van der Waals surface area (Å²) in [4.78, 5) is 28.4. The van der Waals surface area contributed by atoms with E-state index in [9.17, 15) is 4.79 Å². The quantitative estimate of drug-likeness (QED) is 0.653. The first-order valence-corrected chi connectivity index (χ1v) is 11.0. The van der Waals surface area contributed by atoms with E-state index < -0.39 is 0 Å². The van der Waals surface area contributed by atoms with Crippen LogP contribution in [0.5, 0.6) is 0 Å². The molecule has 31 heavy (non-hydrogen) atoms. The van der Waals surface area contributed by atoms with Crippen LogP contribution in [0.1, 0.15) is 23.2 Å². The highest BCUT2D eigenvalue weighted by molar-refractivity contribution is 5.95. The molecule has 0 spiro atoms. The molecule has 0 saturated carbocycles. The van der Waals surface area contributed by atoms with Crippen molar-refractivity contribution in [2.24, 2.45) is 0 Å². The Kier molecular flexibility index (Phi) is 5.52. The first-order chi connectivity index (χ1) is 15.3. The van der Waals surface area contributed by atoms with Gasteiger partial charge in [-0.1, -0.05) is 42.5 Å². The lowest BCUT2D eigenvalue weighted by Crippen LogP contribution is -2.49. The maximum atomic E-state index is 13.0. The van der Waals surface area contributed by atoms with E-state index in [2.05, 4.69) is 38.0 Å². The monoisotopic (exact) mass is 413 g/mol. The van der Waals surface area contributed by atoms with Crippen molar-refractivity contribution in [2.75, 3.05) is 49.1 Å². The predicted octanol–water partition coefficient (Wildman–Crippen LogP) is 3.71. The summed E-state index contributed by atoms with van der Waals surface area (Å²) in [6, 6.07) is 20.2. The molecular weight excluding hydrogens is 386 g/mol. The molecule has 0 radical (unpaired) electrons. The number of anilines is 2. The topological polar surface area (TPSA) is 52.6 Å². The van der Waals surface area contributed by atoms with Gasteiger partial charge >= 0.3 is 0 Å². The Bertz CT molecular complexity index is 1020. The van der Waals surface area contributed by atoms with Gasteiger partial charge in [0.25, 0.3) is 5.91 Å². The largest absolute Gasteiger partial charge is 0.356 e. The van der Waals surface area contributed by atoms with Crippen molar-refractivity contribution in [1.29, 1.82) is 0 Å². The number of rotatable bonds is 4. The summed E-state index contributed by atoms with van der Waals surface area (Å²) in [5.41, 5.74) is 3.03. The Hall–Kier alpha value is -3.41. The highest BCUT2D eigenvalue weighted by atomic mass is 16.2. The highest BCUT2D eigenvalue weighted by Gasteiger charge is 2.24. The van der Waals surface area contributed by atoms with E-state index in [1.165, 1.54) is 12.8 Å². The van der Waals surface area contributed by atoms with Gasteiger partial charge in [-0.05, 0) is 36.1 Å². The van der Waals surface area contributed by atoms with Crippen molar-refractivity contribution in [3.8, 4) is 11.1 Å². The molecule has 2 aliphatic heterocycles. The standard InChI is InChI=1S/C25H27N5O/c31-25(22-10-8-21(9-11-22)20-6-2-1-3-7-20)30-16-14-29(15-17-30)24-18-23(26-19-27-24)28-12-4-5-13-28/h1-3,6-11,18-19H,4-5,12-17H2. The molecular formula is C25H27N5O. The van der Waals surface area contributed by atoms with E-state index in [-0.39, 0.29) is 5.91 Å². The molecule has 3 heterocycles. The zero-order valence-electron chi connectivity index (χ0n) is 17.7. The number of benzene rings is 2. The summed E-state index contributed by atoms with van der Waals surface area (Å²) >= 11 is 0. The van der Waals surface area contributed by atoms with Crippen molar-refractivity contribution < 1.29 is 4.79 Å². The zero-order chi connectivity index (χ0) is 21.0. The van der Waals surface area contributed by atoms with Crippen LogP contribution >= 0.6 is 0 Å². The van der Waals surface area contributed by atoms with E-state index >= 15 is 0 Å². The third kappa shape index (κ3) is 4.24. The molecule has 6 nitrogen and oxygen atoms in total. The maximum Gasteiger partial charge on any atom is 0.253 e. The van der Waals surface area contributed by atoms with Crippen molar-refractivity contribution >= 4 is 17.5 Å². The lowest BCUT2D eigenvalue weighted by atomic mass is 10.0. The molecule has 0 aliphatic carbocycles. The molecule has 1 aromatic heterocycles. The molecule has 6 heteroatoms. The number of carbonyl (C=O) groups excluding carboxylic acids is 1. The maximum absolute atomic E-state index is 13.0. The van der Waals surface area contributed by atoms with E-state index in [1.807, 2.05) is 47.4 Å². The van der Waals surface area contributed by atoms with Gasteiger partial charge in [0.2, 0.25) is 0 Å². The molecule has 0 atom stereocenters. The number of hydrogen-bond acceptors (Lipinski definition) is 5. The van der Waals surface area contributed by atoms with E-state index in [1.54, 1.807) is 6.33 Å². The Morgan fingerprint density at radius 2 is 1.26 bits per heavy atom. The Morgan fingerprint density at radius 3 is 1.90 bits per heavy atom. The summed E-state index contributed by atoms with van der Waals surface area (Å²) in [5.74, 6) is 2.07. The van der Waals surface area contributed by atoms with Crippen LogP contribution in [0.4, 0.5) is 11.6 Å². The van der Waals surface area contributed by atoms with Gasteiger partial charge in [0, 0.05) is 50.9 Å². The molecule has 2 aromatic carbocycles. The average molecular weight is 414 g/mol. The molecule has 3 aromatic rings. The number of carbonyl (C=O) groups is 1. The number of piperazine rings is 1. The molecule has 1 amide bonds. The van der Waals surface area contributed by atoms with E-state index in [4.69, 9.17) is 0 Å². The molecule has 2 saturated heterocycles. The van der Waals surface area contributed by atoms with Crippen LogP contribution in [0.25, 0.3) is 11.1 Å². The fraction of sp³-hybridized carbons (Fsp3) is 0.320. The highest BCUT2D eigenvalue weighted by Crippen LogP contribution is 2.23. The second kappa shape index (κ2) is 8.76. The lowest BCUT2D eigenvalue weighted by Gasteiger charge is -2.35. The number of amides is 1. The van der Waals surface area contributed by atoms with E-state index in [0.717, 1.165) is 54.5 Å². The summed E-state index contributed by atoms with van der Waals surface area (Å²) in [6.45, 7) is 5.10. The van der Waals surface area contributed by atoms with Crippen molar-refractivity contribution in [2.45, 2.75) is 12.8 Å². The zero-order valence-corrected chi connectivity index (χ0v) is 17.7. The second-order valence-corrected chi connectivity index (χ2v) is 8.15. The minimum Gasteiger partial charge on any atom is -0.356 e. The first-order valence-electron chi connectivity index (χ1n) is 11.0. The number of hydrogen-bond donors (Lipinski definition) is 0. The van der Waals surface area contributed by atoms with Crippen LogP contribution in [-0.2, 0) is 0 Å². The van der Waals surface area contributed by atoms with E-state index in [0.29, 0.717) is 13.1 Å². The van der Waals surface area contributed by atoms with Crippen LogP contribution in [0.2, 0.25) is 0 Å². The predicted molar refractivity (Wildman–Crippen MR) is 123 cm³/mol. The molecule has 5 rings (SSSR count). The Balaban J connectivity index is 1.21. The minimum absolute atomic E-state index is 0.0969. The fourth-order valence-electron chi connectivity index (χ4n) is 4.39. The van der Waals surface area contributed by atoms with Crippen LogP contribution in [-0.4, -0.2) is 60.0 Å². The third-order valence-corrected chi connectivity index (χ3v) is 6.20. The smallest absolute Gasteiger partial charge is 0.253 e. The van der Waals surface area contributed by atoms with Gasteiger partial charge in [0.1, 0.15) is 18.0 Å². The molecule has 0 N–H and O–H groups in total. The summed E-state index contributed by atoms with van der Waals surface area (Å²) < 4.78 is 0. The normalized spacial score (nSPS) is 16.6.